The molecule has 3 aromatic rings. The van der Waals surface area contributed by atoms with E-state index in [-0.39, 0.29) is 24.1 Å². The summed E-state index contributed by atoms with van der Waals surface area (Å²) in [5.41, 5.74) is 1.06. The summed E-state index contributed by atoms with van der Waals surface area (Å²) in [5, 5.41) is 0. The molecule has 0 spiro atoms. The van der Waals surface area contributed by atoms with Gasteiger partial charge in [-0.25, -0.2) is 4.98 Å². The predicted molar refractivity (Wildman–Crippen MR) is 116 cm³/mol. The number of fused-ring (bicyclic) bond motifs is 1. The van der Waals surface area contributed by atoms with Crippen molar-refractivity contribution in [2.45, 2.75) is 25.5 Å². The topological polar surface area (TPSA) is 82.9 Å². The van der Waals surface area contributed by atoms with Gasteiger partial charge < -0.3 is 19.1 Å². The Morgan fingerprint density at radius 2 is 1.71 bits per heavy atom. The number of hydrogen-bond donors (Lipinski definition) is 0. The van der Waals surface area contributed by atoms with Gasteiger partial charge >= 0.3 is 0 Å². The van der Waals surface area contributed by atoms with E-state index in [1.165, 1.54) is 10.8 Å². The fraction of sp³-hybridized carbons (Fsp3) is 0.348. The third kappa shape index (κ3) is 4.33. The second-order valence-corrected chi connectivity index (χ2v) is 7.36. The van der Waals surface area contributed by atoms with Gasteiger partial charge in [0, 0.05) is 25.9 Å². The summed E-state index contributed by atoms with van der Waals surface area (Å²) in [6, 6.07) is 12.8. The van der Waals surface area contributed by atoms with E-state index in [9.17, 15) is 9.59 Å². The van der Waals surface area contributed by atoms with E-state index in [1.807, 2.05) is 36.4 Å². The van der Waals surface area contributed by atoms with E-state index >= 15 is 0 Å². The molecule has 4 rings (SSSR count). The van der Waals surface area contributed by atoms with E-state index in [2.05, 4.69) is 4.98 Å². The Morgan fingerprint density at radius 1 is 1.03 bits per heavy atom. The van der Waals surface area contributed by atoms with Crippen LogP contribution in [0.5, 0.6) is 17.2 Å². The van der Waals surface area contributed by atoms with Crippen molar-refractivity contribution in [2.75, 3.05) is 27.3 Å². The number of methoxy groups -OCH3 is 2. The average Bonchev–Trinajstić information content (AvgIpc) is 2.81. The van der Waals surface area contributed by atoms with Crippen LogP contribution in [0.1, 0.15) is 12.8 Å². The molecule has 0 unspecified atom stereocenters. The number of nitrogens with zero attached hydrogens (tertiary/aromatic N) is 3. The average molecular weight is 423 g/mol. The molecule has 1 aromatic heterocycles. The van der Waals surface area contributed by atoms with Crippen LogP contribution >= 0.6 is 0 Å². The molecule has 2 aromatic carbocycles. The first kappa shape index (κ1) is 20.7. The highest BCUT2D eigenvalue weighted by Crippen LogP contribution is 2.38. The zero-order chi connectivity index (χ0) is 21.8. The summed E-state index contributed by atoms with van der Waals surface area (Å²) >= 11 is 0. The van der Waals surface area contributed by atoms with Crippen LogP contribution in [0.3, 0.4) is 0 Å². The zero-order valence-electron chi connectivity index (χ0n) is 17.6. The number of piperidine rings is 1. The SMILES string of the molecule is COc1cccc(OC)c1OC1CCN(C(=O)Cn2c(=O)cnc3ccccc32)CC1. The molecule has 0 bridgehead atoms. The van der Waals surface area contributed by atoms with Crippen LogP contribution in [0.2, 0.25) is 0 Å². The van der Waals surface area contributed by atoms with Crippen LogP contribution in [0, 0.1) is 0 Å². The summed E-state index contributed by atoms with van der Waals surface area (Å²) in [4.78, 5) is 31.1. The van der Waals surface area contributed by atoms with Crippen molar-refractivity contribution in [3.63, 3.8) is 0 Å². The fourth-order valence-electron chi connectivity index (χ4n) is 3.84. The Kier molecular flexibility index (Phi) is 6.06. The van der Waals surface area contributed by atoms with Gasteiger partial charge in [-0.2, -0.15) is 0 Å². The number of para-hydroxylation sites is 3. The molecule has 1 aliphatic heterocycles. The first-order valence-electron chi connectivity index (χ1n) is 10.2. The maximum Gasteiger partial charge on any atom is 0.269 e. The fourth-order valence-corrected chi connectivity index (χ4v) is 3.84. The Morgan fingerprint density at radius 3 is 2.39 bits per heavy atom. The van der Waals surface area contributed by atoms with Crippen molar-refractivity contribution in [2.24, 2.45) is 0 Å². The largest absolute Gasteiger partial charge is 0.493 e. The molecular weight excluding hydrogens is 398 g/mol. The van der Waals surface area contributed by atoms with E-state index in [4.69, 9.17) is 14.2 Å². The summed E-state index contributed by atoms with van der Waals surface area (Å²) in [5.74, 6) is 1.71. The number of aromatic nitrogens is 2. The van der Waals surface area contributed by atoms with Crippen molar-refractivity contribution >= 4 is 16.9 Å². The van der Waals surface area contributed by atoms with Crippen molar-refractivity contribution in [3.05, 3.63) is 59.0 Å². The molecule has 1 saturated heterocycles. The number of hydrogen-bond acceptors (Lipinski definition) is 6. The number of carbonyl (C=O) groups is 1. The minimum Gasteiger partial charge on any atom is -0.493 e. The number of likely N-dealkylation sites (tertiary alicyclic amines) is 1. The molecule has 31 heavy (non-hydrogen) atoms. The molecule has 8 heteroatoms. The van der Waals surface area contributed by atoms with Gasteiger partial charge in [0.1, 0.15) is 12.6 Å². The van der Waals surface area contributed by atoms with Crippen LogP contribution in [-0.2, 0) is 11.3 Å². The Hall–Kier alpha value is -3.55. The molecule has 8 nitrogen and oxygen atoms in total. The van der Waals surface area contributed by atoms with Crippen LogP contribution < -0.4 is 19.8 Å². The number of carbonyl (C=O) groups excluding carboxylic acids is 1. The summed E-state index contributed by atoms with van der Waals surface area (Å²) < 4.78 is 18.4. The minimum absolute atomic E-state index is 0.00623. The second-order valence-electron chi connectivity index (χ2n) is 7.36. The lowest BCUT2D eigenvalue weighted by molar-refractivity contribution is -0.133. The standard InChI is InChI=1S/C23H25N3O5/c1-29-19-8-5-9-20(30-2)23(19)31-16-10-12-25(13-11-16)22(28)15-26-18-7-4-3-6-17(18)24-14-21(26)27/h3-9,14,16H,10-13,15H2,1-2H3. The summed E-state index contributed by atoms with van der Waals surface area (Å²) in [6.07, 6.45) is 2.56. The van der Waals surface area contributed by atoms with Gasteiger partial charge in [-0.3, -0.25) is 14.2 Å². The maximum absolute atomic E-state index is 12.9. The molecule has 0 atom stereocenters. The minimum atomic E-state index is -0.284. The quantitative estimate of drug-likeness (QED) is 0.606. The first-order chi connectivity index (χ1) is 15.1. The number of rotatable bonds is 6. The lowest BCUT2D eigenvalue weighted by Gasteiger charge is -2.33. The second kappa shape index (κ2) is 9.07. The highest BCUT2D eigenvalue weighted by molar-refractivity contribution is 5.80. The normalized spacial score (nSPS) is 14.5. The van der Waals surface area contributed by atoms with Gasteiger partial charge in [0.25, 0.3) is 5.56 Å². The van der Waals surface area contributed by atoms with Crippen molar-refractivity contribution in [1.29, 1.82) is 0 Å². The third-order valence-electron chi connectivity index (χ3n) is 5.51. The van der Waals surface area contributed by atoms with Crippen LogP contribution in [0.4, 0.5) is 0 Å². The molecule has 2 heterocycles. The van der Waals surface area contributed by atoms with Crippen molar-refractivity contribution in [3.8, 4) is 17.2 Å². The Labute approximate surface area is 180 Å². The van der Waals surface area contributed by atoms with Gasteiger partial charge in [-0.15, -0.1) is 0 Å². The van der Waals surface area contributed by atoms with E-state index in [0.29, 0.717) is 54.2 Å². The third-order valence-corrected chi connectivity index (χ3v) is 5.51. The zero-order valence-corrected chi connectivity index (χ0v) is 17.6. The van der Waals surface area contributed by atoms with E-state index in [1.54, 1.807) is 25.2 Å². The Balaban J connectivity index is 1.42. The van der Waals surface area contributed by atoms with Crippen molar-refractivity contribution < 1.29 is 19.0 Å². The van der Waals surface area contributed by atoms with Gasteiger partial charge in [-0.05, 0) is 24.3 Å². The molecule has 0 radical (unpaired) electrons. The van der Waals surface area contributed by atoms with Crippen molar-refractivity contribution in [1.82, 2.24) is 14.5 Å². The van der Waals surface area contributed by atoms with Gasteiger partial charge in [-0.1, -0.05) is 18.2 Å². The van der Waals surface area contributed by atoms with Crippen LogP contribution in [-0.4, -0.2) is 53.8 Å². The van der Waals surface area contributed by atoms with Gasteiger partial charge in [0.15, 0.2) is 11.5 Å². The highest BCUT2D eigenvalue weighted by atomic mass is 16.5. The molecule has 0 aliphatic carbocycles. The van der Waals surface area contributed by atoms with E-state index < -0.39 is 0 Å². The summed E-state index contributed by atoms with van der Waals surface area (Å²) in [7, 11) is 3.18. The Bertz CT molecular complexity index is 1110. The maximum atomic E-state index is 12.9. The molecule has 1 amide bonds. The highest BCUT2D eigenvalue weighted by Gasteiger charge is 2.26. The van der Waals surface area contributed by atoms with Crippen LogP contribution in [0.15, 0.2) is 53.5 Å². The summed E-state index contributed by atoms with van der Waals surface area (Å²) in [6.45, 7) is 1.10. The molecule has 1 aliphatic rings. The molecule has 0 N–H and O–H groups in total. The lowest BCUT2D eigenvalue weighted by atomic mass is 10.1. The van der Waals surface area contributed by atoms with Crippen LogP contribution in [0.25, 0.3) is 11.0 Å². The molecule has 0 saturated carbocycles. The smallest absolute Gasteiger partial charge is 0.269 e. The molecule has 162 valence electrons. The molecular formula is C23H25N3O5. The molecule has 1 fully saturated rings. The number of benzene rings is 2. The predicted octanol–water partition coefficient (Wildman–Crippen LogP) is 2.48. The number of ether oxygens (including phenoxy) is 3. The lowest BCUT2D eigenvalue weighted by Crippen LogP contribution is -2.44. The van der Waals surface area contributed by atoms with E-state index in [0.717, 1.165) is 0 Å². The monoisotopic (exact) mass is 423 g/mol. The number of amides is 1. The van der Waals surface area contributed by atoms with Gasteiger partial charge in [0.2, 0.25) is 11.7 Å². The first-order valence-corrected chi connectivity index (χ1v) is 10.2. The van der Waals surface area contributed by atoms with Gasteiger partial charge in [0.05, 0.1) is 31.4 Å².